The van der Waals surface area contributed by atoms with Crippen molar-refractivity contribution in [2.24, 2.45) is 0 Å². The van der Waals surface area contributed by atoms with Crippen LogP contribution in [0, 0.1) is 0 Å². The highest BCUT2D eigenvalue weighted by Crippen LogP contribution is 2.33. The molecular weight excluding hydrogens is 286 g/mol. The number of fused-ring (bicyclic) bond motifs is 1. The van der Waals surface area contributed by atoms with E-state index in [4.69, 9.17) is 18.9 Å². The molecule has 1 aromatic rings. The Morgan fingerprint density at radius 3 is 2.68 bits per heavy atom. The number of methoxy groups -OCH3 is 1. The van der Waals surface area contributed by atoms with Crippen molar-refractivity contribution in [1.29, 1.82) is 0 Å². The van der Waals surface area contributed by atoms with Crippen molar-refractivity contribution in [2.45, 2.75) is 44.2 Å². The van der Waals surface area contributed by atoms with Crippen LogP contribution in [0.5, 0.6) is 0 Å². The average Bonchev–Trinajstić information content (AvgIpc) is 2.54. The largest absolute Gasteiger partial charge is 0.354 e. The van der Waals surface area contributed by atoms with Crippen LogP contribution in [-0.4, -0.2) is 44.2 Å². The first-order chi connectivity index (χ1) is 10.7. The van der Waals surface area contributed by atoms with Gasteiger partial charge in [0.1, 0.15) is 6.10 Å². The first-order valence-electron chi connectivity index (χ1n) is 7.44. The van der Waals surface area contributed by atoms with E-state index in [2.05, 4.69) is 5.32 Å². The molecule has 6 heteroatoms. The zero-order valence-electron chi connectivity index (χ0n) is 12.7. The van der Waals surface area contributed by atoms with Crippen molar-refractivity contribution < 1.29 is 23.7 Å². The van der Waals surface area contributed by atoms with Gasteiger partial charge in [-0.05, 0) is 0 Å². The maximum Gasteiger partial charge on any atom is 0.217 e. The first-order valence-corrected chi connectivity index (χ1v) is 7.44. The first kappa shape index (κ1) is 15.4. The van der Waals surface area contributed by atoms with E-state index in [0.29, 0.717) is 13.0 Å². The molecule has 120 valence electrons. The fourth-order valence-corrected chi connectivity index (χ4v) is 2.93. The highest BCUT2D eigenvalue weighted by atomic mass is 16.7. The monoisotopic (exact) mass is 307 g/mol. The number of nitrogens with one attached hydrogen (secondary N) is 1. The van der Waals surface area contributed by atoms with Crippen LogP contribution in [0.15, 0.2) is 30.3 Å². The van der Waals surface area contributed by atoms with Crippen LogP contribution in [0.3, 0.4) is 0 Å². The summed E-state index contributed by atoms with van der Waals surface area (Å²) in [5.74, 6) is -0.110. The van der Waals surface area contributed by atoms with Gasteiger partial charge in [0.25, 0.3) is 0 Å². The van der Waals surface area contributed by atoms with Gasteiger partial charge in [-0.25, -0.2) is 0 Å². The van der Waals surface area contributed by atoms with E-state index < -0.39 is 12.6 Å². The van der Waals surface area contributed by atoms with Crippen molar-refractivity contribution in [2.75, 3.05) is 13.7 Å². The molecule has 0 saturated carbocycles. The van der Waals surface area contributed by atoms with E-state index in [1.807, 2.05) is 30.3 Å². The number of carbonyl (C=O) groups excluding carboxylic acids is 1. The molecule has 0 spiro atoms. The molecule has 6 nitrogen and oxygen atoms in total. The number of carbonyl (C=O) groups is 1. The number of ether oxygens (including phenoxy) is 4. The number of hydrogen-bond donors (Lipinski definition) is 1. The SMILES string of the molecule is CO[C@H]1O[C@@H]2COC(c3ccccc3)O[C@H]2C[C@H]1NC(C)=O. The molecule has 1 amide bonds. The number of hydrogen-bond acceptors (Lipinski definition) is 5. The highest BCUT2D eigenvalue weighted by molar-refractivity contribution is 5.73. The van der Waals surface area contributed by atoms with E-state index in [9.17, 15) is 4.79 Å². The van der Waals surface area contributed by atoms with Crippen molar-refractivity contribution in [3.05, 3.63) is 35.9 Å². The Hall–Kier alpha value is -1.47. The summed E-state index contributed by atoms with van der Waals surface area (Å²) in [7, 11) is 1.57. The molecule has 3 rings (SSSR count). The third kappa shape index (κ3) is 3.30. The average molecular weight is 307 g/mol. The summed E-state index contributed by atoms with van der Waals surface area (Å²) in [6, 6.07) is 9.57. The van der Waals surface area contributed by atoms with Gasteiger partial charge in [0.15, 0.2) is 12.6 Å². The molecule has 1 N–H and O–H groups in total. The summed E-state index contributed by atoms with van der Waals surface area (Å²) in [5, 5.41) is 2.86. The van der Waals surface area contributed by atoms with Crippen LogP contribution in [0.25, 0.3) is 0 Å². The maximum atomic E-state index is 11.3. The minimum atomic E-state index is -0.481. The van der Waals surface area contributed by atoms with Gasteiger partial charge in [-0.3, -0.25) is 4.79 Å². The van der Waals surface area contributed by atoms with Crippen molar-refractivity contribution in [3.63, 3.8) is 0 Å². The summed E-state index contributed by atoms with van der Waals surface area (Å²) in [6.07, 6.45) is -0.569. The third-order valence-corrected chi connectivity index (χ3v) is 3.94. The van der Waals surface area contributed by atoms with Crippen LogP contribution < -0.4 is 5.32 Å². The predicted octanol–water partition coefficient (Wildman–Crippen LogP) is 1.37. The van der Waals surface area contributed by atoms with E-state index in [1.165, 1.54) is 6.92 Å². The fraction of sp³-hybridized carbons (Fsp3) is 0.562. The molecular formula is C16H21NO5. The molecule has 1 unspecified atom stereocenters. The number of amides is 1. The topological polar surface area (TPSA) is 66.0 Å². The second-order valence-corrected chi connectivity index (χ2v) is 5.57. The molecule has 2 fully saturated rings. The van der Waals surface area contributed by atoms with Crippen LogP contribution in [-0.2, 0) is 23.7 Å². The van der Waals surface area contributed by atoms with Crippen LogP contribution in [0.4, 0.5) is 0 Å². The van der Waals surface area contributed by atoms with Gasteiger partial charge in [-0.2, -0.15) is 0 Å². The van der Waals surface area contributed by atoms with E-state index in [1.54, 1.807) is 7.11 Å². The van der Waals surface area contributed by atoms with Crippen LogP contribution in [0.1, 0.15) is 25.2 Å². The second-order valence-electron chi connectivity index (χ2n) is 5.57. The van der Waals surface area contributed by atoms with Gasteiger partial charge in [0.2, 0.25) is 5.91 Å². The summed E-state index contributed by atoms with van der Waals surface area (Å²) in [5.41, 5.74) is 0.978. The Bertz CT molecular complexity index is 509. The summed E-state index contributed by atoms with van der Waals surface area (Å²) in [4.78, 5) is 11.3. The normalized spacial score (nSPS) is 34.7. The summed E-state index contributed by atoms with van der Waals surface area (Å²) in [6.45, 7) is 1.92. The standard InChI is InChI=1S/C16H21NO5/c1-10(18)17-12-8-13-14(22-16(12)19-2)9-20-15(21-13)11-6-4-3-5-7-11/h3-7,12-16H,8-9H2,1-2H3,(H,17,18)/t12-,13+,14-,15?,16+/m1/s1. The predicted molar refractivity (Wildman–Crippen MR) is 77.9 cm³/mol. The lowest BCUT2D eigenvalue weighted by molar-refractivity contribution is -0.318. The molecule has 0 aromatic heterocycles. The van der Waals surface area contributed by atoms with Gasteiger partial charge in [0.05, 0.1) is 18.8 Å². The Morgan fingerprint density at radius 1 is 1.23 bits per heavy atom. The third-order valence-electron chi connectivity index (χ3n) is 3.94. The lowest BCUT2D eigenvalue weighted by Crippen LogP contribution is -2.58. The molecule has 2 aliphatic rings. The summed E-state index contributed by atoms with van der Waals surface area (Å²) < 4.78 is 22.9. The molecule has 0 bridgehead atoms. The van der Waals surface area contributed by atoms with Crippen molar-refractivity contribution in [1.82, 2.24) is 5.32 Å². The van der Waals surface area contributed by atoms with E-state index in [-0.39, 0.29) is 24.2 Å². The molecule has 5 atom stereocenters. The summed E-state index contributed by atoms with van der Waals surface area (Å²) >= 11 is 0. The lowest BCUT2D eigenvalue weighted by atomic mass is 9.99. The molecule has 22 heavy (non-hydrogen) atoms. The van der Waals surface area contributed by atoms with Crippen molar-refractivity contribution >= 4 is 5.91 Å². The molecule has 1 aromatic carbocycles. The highest BCUT2D eigenvalue weighted by Gasteiger charge is 2.43. The zero-order chi connectivity index (χ0) is 15.5. The molecule has 2 heterocycles. The Balaban J connectivity index is 1.69. The van der Waals surface area contributed by atoms with Gasteiger partial charge < -0.3 is 24.3 Å². The fourth-order valence-electron chi connectivity index (χ4n) is 2.93. The Kier molecular flexibility index (Phi) is 4.73. The van der Waals surface area contributed by atoms with E-state index >= 15 is 0 Å². The second kappa shape index (κ2) is 6.75. The Labute approximate surface area is 129 Å². The molecule has 0 radical (unpaired) electrons. The minimum Gasteiger partial charge on any atom is -0.354 e. The quantitative estimate of drug-likeness (QED) is 0.913. The zero-order valence-corrected chi connectivity index (χ0v) is 12.7. The molecule has 2 aliphatic heterocycles. The smallest absolute Gasteiger partial charge is 0.217 e. The lowest BCUT2D eigenvalue weighted by Gasteiger charge is -2.44. The van der Waals surface area contributed by atoms with Gasteiger partial charge in [0, 0.05) is 26.0 Å². The van der Waals surface area contributed by atoms with Gasteiger partial charge in [-0.1, -0.05) is 30.3 Å². The van der Waals surface area contributed by atoms with Gasteiger partial charge in [-0.15, -0.1) is 0 Å². The minimum absolute atomic E-state index is 0.110. The van der Waals surface area contributed by atoms with Crippen LogP contribution in [0.2, 0.25) is 0 Å². The van der Waals surface area contributed by atoms with Gasteiger partial charge >= 0.3 is 0 Å². The maximum absolute atomic E-state index is 11.3. The van der Waals surface area contributed by atoms with Crippen molar-refractivity contribution in [3.8, 4) is 0 Å². The van der Waals surface area contributed by atoms with Crippen LogP contribution >= 0.6 is 0 Å². The number of rotatable bonds is 3. The van der Waals surface area contributed by atoms with E-state index in [0.717, 1.165) is 5.56 Å². The molecule has 2 saturated heterocycles. The number of benzene rings is 1. The molecule has 0 aliphatic carbocycles. The Morgan fingerprint density at radius 2 is 2.00 bits per heavy atom.